The highest BCUT2D eigenvalue weighted by molar-refractivity contribution is 14.1. The third-order valence-corrected chi connectivity index (χ3v) is 5.04. The van der Waals surface area contributed by atoms with Crippen molar-refractivity contribution in [1.29, 1.82) is 0 Å². The predicted molar refractivity (Wildman–Crippen MR) is 99.5 cm³/mol. The van der Waals surface area contributed by atoms with Crippen molar-refractivity contribution in [2.75, 3.05) is 38.1 Å². The summed E-state index contributed by atoms with van der Waals surface area (Å²) in [6.45, 7) is 4.38. The highest BCUT2D eigenvalue weighted by Crippen LogP contribution is 2.24. The third-order valence-electron chi connectivity index (χ3n) is 4.25. The van der Waals surface area contributed by atoms with Crippen LogP contribution < -0.4 is 4.90 Å². The lowest BCUT2D eigenvalue weighted by Gasteiger charge is -2.34. The minimum atomic E-state index is 0.780. The Labute approximate surface area is 148 Å². The predicted octanol–water partition coefficient (Wildman–Crippen LogP) is 2.38. The maximum atomic E-state index is 4.63. The van der Waals surface area contributed by atoms with Gasteiger partial charge in [0.2, 0.25) is 0 Å². The van der Waals surface area contributed by atoms with E-state index < -0.39 is 0 Å². The summed E-state index contributed by atoms with van der Waals surface area (Å²) in [6.07, 6.45) is 1.56. The molecule has 1 aliphatic heterocycles. The molecule has 0 radical (unpaired) electrons. The van der Waals surface area contributed by atoms with Crippen molar-refractivity contribution in [3.05, 3.63) is 34.3 Å². The van der Waals surface area contributed by atoms with Gasteiger partial charge in [-0.15, -0.1) is 0 Å². The fourth-order valence-corrected chi connectivity index (χ4v) is 3.33. The highest BCUT2D eigenvalue weighted by Gasteiger charge is 2.15. The van der Waals surface area contributed by atoms with Crippen LogP contribution in [0.4, 0.5) is 5.69 Å². The van der Waals surface area contributed by atoms with E-state index >= 15 is 0 Å². The van der Waals surface area contributed by atoms with Crippen LogP contribution in [-0.4, -0.2) is 58.1 Å². The average Bonchev–Trinajstić information content (AvgIpc) is 3.01. The Morgan fingerprint density at radius 1 is 1.04 bits per heavy atom. The summed E-state index contributed by atoms with van der Waals surface area (Å²) in [6, 6.07) is 8.58. The number of aromatic amines is 1. The number of imidazole rings is 1. The summed E-state index contributed by atoms with van der Waals surface area (Å²) in [5.74, 6) is 0.836. The molecule has 1 N–H and O–H groups in total. The van der Waals surface area contributed by atoms with Crippen molar-refractivity contribution in [2.45, 2.75) is 0 Å². The van der Waals surface area contributed by atoms with Crippen molar-refractivity contribution in [2.24, 2.45) is 0 Å². The van der Waals surface area contributed by atoms with Gasteiger partial charge >= 0.3 is 0 Å². The van der Waals surface area contributed by atoms with Gasteiger partial charge in [-0.1, -0.05) is 0 Å². The zero-order chi connectivity index (χ0) is 15.8. The molecular weight excluding hydrogens is 403 g/mol. The summed E-state index contributed by atoms with van der Waals surface area (Å²) in [5, 5.41) is 0. The van der Waals surface area contributed by atoms with Crippen LogP contribution >= 0.6 is 22.6 Å². The van der Waals surface area contributed by atoms with E-state index in [1.807, 2.05) is 0 Å². The molecule has 4 rings (SSSR count). The van der Waals surface area contributed by atoms with Gasteiger partial charge < -0.3 is 14.8 Å². The first-order valence-electron chi connectivity index (χ1n) is 7.61. The minimum absolute atomic E-state index is 0.780. The Kier molecular flexibility index (Phi) is 3.90. The van der Waals surface area contributed by atoms with Crippen molar-refractivity contribution >= 4 is 39.4 Å². The van der Waals surface area contributed by atoms with Crippen LogP contribution in [0.2, 0.25) is 0 Å². The molecule has 3 heterocycles. The number of likely N-dealkylation sites (N-methyl/N-ethyl adjacent to an activating group) is 1. The van der Waals surface area contributed by atoms with Gasteiger partial charge in [-0.2, -0.15) is 0 Å². The minimum Gasteiger partial charge on any atom is -0.369 e. The Balaban J connectivity index is 1.61. The van der Waals surface area contributed by atoms with E-state index in [1.54, 1.807) is 6.33 Å². The molecule has 0 aliphatic carbocycles. The molecule has 2 aromatic heterocycles. The van der Waals surface area contributed by atoms with E-state index in [-0.39, 0.29) is 0 Å². The smallest absolute Gasteiger partial charge is 0.162 e. The Hall–Kier alpha value is -1.74. The van der Waals surface area contributed by atoms with Gasteiger partial charge in [0.1, 0.15) is 21.4 Å². The molecule has 118 valence electrons. The Bertz CT molecular complexity index is 820. The summed E-state index contributed by atoms with van der Waals surface area (Å²) in [4.78, 5) is 21.1. The Morgan fingerprint density at radius 3 is 2.48 bits per heavy atom. The number of benzene rings is 1. The van der Waals surface area contributed by atoms with E-state index in [9.17, 15) is 0 Å². The van der Waals surface area contributed by atoms with E-state index in [0.717, 1.165) is 52.4 Å². The molecule has 0 spiro atoms. The maximum Gasteiger partial charge on any atom is 0.162 e. The van der Waals surface area contributed by atoms with Crippen LogP contribution in [0.25, 0.3) is 22.6 Å². The molecular formula is C16H17IN6. The molecule has 0 bridgehead atoms. The van der Waals surface area contributed by atoms with Crippen LogP contribution in [0.15, 0.2) is 30.6 Å². The largest absolute Gasteiger partial charge is 0.369 e. The monoisotopic (exact) mass is 420 g/mol. The van der Waals surface area contributed by atoms with E-state index in [4.69, 9.17) is 0 Å². The zero-order valence-electron chi connectivity index (χ0n) is 12.8. The topological polar surface area (TPSA) is 60.9 Å². The van der Waals surface area contributed by atoms with Gasteiger partial charge in [0.25, 0.3) is 0 Å². The maximum absolute atomic E-state index is 4.63. The molecule has 0 atom stereocenters. The highest BCUT2D eigenvalue weighted by atomic mass is 127. The fourth-order valence-electron chi connectivity index (χ4n) is 2.83. The SMILES string of the molecule is CN1CCN(c2ccc(-c3nc4c(I)ncnc4[nH]3)cc2)CC1. The molecule has 3 aromatic rings. The van der Waals surface area contributed by atoms with Crippen LogP contribution in [0, 0.1) is 3.70 Å². The van der Waals surface area contributed by atoms with Gasteiger partial charge in [-0.3, -0.25) is 0 Å². The van der Waals surface area contributed by atoms with E-state index in [1.165, 1.54) is 5.69 Å². The van der Waals surface area contributed by atoms with Crippen molar-refractivity contribution in [1.82, 2.24) is 24.8 Å². The molecule has 1 saturated heterocycles. The van der Waals surface area contributed by atoms with E-state index in [0.29, 0.717) is 0 Å². The molecule has 7 heteroatoms. The number of rotatable bonds is 2. The van der Waals surface area contributed by atoms with Crippen molar-refractivity contribution in [3.8, 4) is 11.4 Å². The average molecular weight is 420 g/mol. The third kappa shape index (κ3) is 2.90. The number of hydrogen-bond donors (Lipinski definition) is 1. The molecule has 6 nitrogen and oxygen atoms in total. The summed E-state index contributed by atoms with van der Waals surface area (Å²) < 4.78 is 0.865. The summed E-state index contributed by atoms with van der Waals surface area (Å²) in [5.41, 5.74) is 3.94. The lowest BCUT2D eigenvalue weighted by atomic mass is 10.1. The Morgan fingerprint density at radius 2 is 1.78 bits per heavy atom. The van der Waals surface area contributed by atoms with E-state index in [2.05, 4.69) is 83.6 Å². The van der Waals surface area contributed by atoms with Crippen molar-refractivity contribution in [3.63, 3.8) is 0 Å². The second kappa shape index (κ2) is 6.04. The first kappa shape index (κ1) is 14.8. The van der Waals surface area contributed by atoms with Gasteiger partial charge in [-0.05, 0) is 53.9 Å². The normalized spacial score (nSPS) is 16.2. The number of aromatic nitrogens is 4. The number of halogens is 1. The van der Waals surface area contributed by atoms with Crippen LogP contribution in [-0.2, 0) is 0 Å². The van der Waals surface area contributed by atoms with Crippen molar-refractivity contribution < 1.29 is 0 Å². The van der Waals surface area contributed by atoms with Gasteiger partial charge in [0.15, 0.2) is 5.65 Å². The number of fused-ring (bicyclic) bond motifs is 1. The second-order valence-electron chi connectivity index (χ2n) is 5.78. The van der Waals surface area contributed by atoms with Gasteiger partial charge in [0, 0.05) is 37.4 Å². The standard InChI is InChI=1S/C16H17IN6/c1-22-6-8-23(9-7-22)12-4-2-11(3-5-12)15-20-13-14(17)18-10-19-16(13)21-15/h2-5,10H,6-9H2,1H3,(H,18,19,20,21). The molecule has 0 saturated carbocycles. The number of piperazine rings is 1. The van der Waals surface area contributed by atoms with Crippen LogP contribution in [0.5, 0.6) is 0 Å². The summed E-state index contributed by atoms with van der Waals surface area (Å²) in [7, 11) is 2.17. The molecule has 0 unspecified atom stereocenters. The van der Waals surface area contributed by atoms with Crippen LogP contribution in [0.3, 0.4) is 0 Å². The molecule has 1 aromatic carbocycles. The lowest BCUT2D eigenvalue weighted by molar-refractivity contribution is 0.313. The molecule has 0 amide bonds. The zero-order valence-corrected chi connectivity index (χ0v) is 15.0. The second-order valence-corrected chi connectivity index (χ2v) is 6.81. The van der Waals surface area contributed by atoms with Gasteiger partial charge in [0.05, 0.1) is 0 Å². The number of nitrogens with zero attached hydrogens (tertiary/aromatic N) is 5. The number of hydrogen-bond acceptors (Lipinski definition) is 5. The molecule has 23 heavy (non-hydrogen) atoms. The number of nitrogens with one attached hydrogen (secondary N) is 1. The fraction of sp³-hybridized carbons (Fsp3) is 0.312. The lowest BCUT2D eigenvalue weighted by Crippen LogP contribution is -2.44. The van der Waals surface area contributed by atoms with Gasteiger partial charge in [-0.25, -0.2) is 15.0 Å². The first-order chi connectivity index (χ1) is 11.2. The number of H-pyrrole nitrogens is 1. The quantitative estimate of drug-likeness (QED) is 0.510. The summed E-state index contributed by atoms with van der Waals surface area (Å²) >= 11 is 2.18. The molecule has 1 fully saturated rings. The molecule has 1 aliphatic rings. The number of anilines is 1. The first-order valence-corrected chi connectivity index (χ1v) is 8.69. The van der Waals surface area contributed by atoms with Crippen LogP contribution in [0.1, 0.15) is 0 Å².